The number of phosphoric ester groups is 1. The van der Waals surface area contributed by atoms with Gasteiger partial charge in [-0.05, 0) is 96.3 Å². The molecule has 444 valence electrons. The van der Waals surface area contributed by atoms with Gasteiger partial charge >= 0.3 is 19.8 Å². The summed E-state index contributed by atoms with van der Waals surface area (Å²) in [4.78, 5) is 35.3. The van der Waals surface area contributed by atoms with Gasteiger partial charge in [0.15, 0.2) is 6.10 Å². The number of hydrogen-bond donors (Lipinski definition) is 2. The van der Waals surface area contributed by atoms with Gasteiger partial charge in [0.1, 0.15) is 6.61 Å². The number of carbonyl (C=O) groups excluding carboxylic acids is 2. The third-order valence-electron chi connectivity index (χ3n) is 13.5. The van der Waals surface area contributed by atoms with Crippen LogP contribution in [0.5, 0.6) is 0 Å². The van der Waals surface area contributed by atoms with E-state index in [4.69, 9.17) is 24.3 Å². The van der Waals surface area contributed by atoms with Gasteiger partial charge < -0.3 is 20.1 Å². The Morgan fingerprint density at radius 1 is 0.403 bits per heavy atom. The minimum atomic E-state index is -4.40. The van der Waals surface area contributed by atoms with E-state index < -0.39 is 26.5 Å². The molecule has 0 saturated carbocycles. The van der Waals surface area contributed by atoms with Gasteiger partial charge in [0.25, 0.3) is 0 Å². The minimum Gasteiger partial charge on any atom is -0.462 e. The van der Waals surface area contributed by atoms with Gasteiger partial charge in [-0.2, -0.15) is 0 Å². The molecule has 0 rings (SSSR count). The lowest BCUT2D eigenvalue weighted by Gasteiger charge is -2.19. The van der Waals surface area contributed by atoms with Crippen molar-refractivity contribution in [2.75, 3.05) is 26.4 Å². The SMILES string of the molecule is CC/C=C\C/C=C\C/C=C\C/C=C\C/C=C\C/C=C\CCCCCCCCCCCCC(=O)OC(COC(=O)CCCCCCCCCCCCCCCCC/C=C\C/C=C\CCCCCCC)COP(=O)(O)OCCN. The van der Waals surface area contributed by atoms with E-state index in [0.717, 1.165) is 89.9 Å². The van der Waals surface area contributed by atoms with E-state index in [-0.39, 0.29) is 38.6 Å². The zero-order chi connectivity index (χ0) is 55.9. The van der Waals surface area contributed by atoms with E-state index >= 15 is 0 Å². The first-order valence-electron chi connectivity index (χ1n) is 31.7. The molecule has 0 bridgehead atoms. The van der Waals surface area contributed by atoms with Gasteiger partial charge in [0.05, 0.1) is 13.2 Å². The Kier molecular flexibility index (Phi) is 59.7. The summed E-state index contributed by atoms with van der Waals surface area (Å²) in [6.07, 6.45) is 83.3. The predicted octanol–water partition coefficient (Wildman–Crippen LogP) is 20.4. The van der Waals surface area contributed by atoms with Crippen LogP contribution in [-0.2, 0) is 32.7 Å². The molecule has 0 amide bonds. The highest BCUT2D eigenvalue weighted by Crippen LogP contribution is 2.43. The Hall–Kier alpha value is -3.07. The van der Waals surface area contributed by atoms with Crippen molar-refractivity contribution in [1.29, 1.82) is 0 Å². The van der Waals surface area contributed by atoms with E-state index in [9.17, 15) is 19.0 Å². The van der Waals surface area contributed by atoms with Crippen molar-refractivity contribution in [3.8, 4) is 0 Å². The number of rotatable bonds is 59. The molecule has 0 aliphatic heterocycles. The topological polar surface area (TPSA) is 134 Å². The summed E-state index contributed by atoms with van der Waals surface area (Å²) in [6.45, 7) is 3.64. The highest BCUT2D eigenvalue weighted by molar-refractivity contribution is 7.47. The molecule has 77 heavy (non-hydrogen) atoms. The Balaban J connectivity index is 3.95. The minimum absolute atomic E-state index is 0.0493. The van der Waals surface area contributed by atoms with Crippen LogP contribution in [0.25, 0.3) is 0 Å². The van der Waals surface area contributed by atoms with Gasteiger partial charge in [-0.3, -0.25) is 18.6 Å². The lowest BCUT2D eigenvalue weighted by Crippen LogP contribution is -2.29. The second-order valence-electron chi connectivity index (χ2n) is 20.9. The van der Waals surface area contributed by atoms with Crippen molar-refractivity contribution in [3.05, 3.63) is 97.2 Å². The molecule has 0 saturated heterocycles. The molecule has 0 aromatic rings. The second-order valence-corrected chi connectivity index (χ2v) is 22.3. The molecule has 0 aromatic carbocycles. The molecule has 0 radical (unpaired) electrons. The van der Waals surface area contributed by atoms with E-state index in [0.29, 0.717) is 6.42 Å². The number of esters is 2. The predicted molar refractivity (Wildman–Crippen MR) is 330 cm³/mol. The van der Waals surface area contributed by atoms with Crippen LogP contribution in [0.3, 0.4) is 0 Å². The molecule has 0 spiro atoms. The first-order chi connectivity index (χ1) is 37.8. The summed E-state index contributed by atoms with van der Waals surface area (Å²) in [7, 11) is -4.40. The molecule has 0 fully saturated rings. The zero-order valence-electron chi connectivity index (χ0n) is 49.7. The van der Waals surface area contributed by atoms with E-state index in [1.165, 1.54) is 161 Å². The summed E-state index contributed by atoms with van der Waals surface area (Å²) < 4.78 is 33.1. The standard InChI is InChI=1S/C67H118NO8P/c1-3-5-7-9-11-13-15-17-19-21-23-25-27-29-31-32-34-36-38-40-42-44-46-48-50-52-54-56-58-60-67(70)76-65(64-75-77(71,72)74-62-61-68)63-73-66(69)59-57-55-53-51-49-47-45-43-41-39-37-35-33-30-28-26-24-22-20-18-16-14-12-10-8-6-4-2/h5,7,11,13,16-19,22-25,29,31,34,36,65H,3-4,6,8-10,12,14-15,20-21,26-28,30,32-33,35,37-64,68H2,1-2H3,(H,71,72)/b7-5-,13-11-,18-16-,19-17-,24-22-,25-23-,31-29-,36-34-. The fraction of sp³-hybridized carbons (Fsp3) is 0.731. The average Bonchev–Trinajstić information content (AvgIpc) is 3.42. The average molecular weight is 1100 g/mol. The maximum atomic E-state index is 12.7. The van der Waals surface area contributed by atoms with Crippen LogP contribution >= 0.6 is 7.82 Å². The summed E-state index contributed by atoms with van der Waals surface area (Å²) in [5.41, 5.74) is 5.39. The second kappa shape index (κ2) is 62.1. The van der Waals surface area contributed by atoms with E-state index in [1.807, 2.05) is 0 Å². The number of hydrogen-bond acceptors (Lipinski definition) is 8. The first kappa shape index (κ1) is 73.9. The van der Waals surface area contributed by atoms with Gasteiger partial charge in [-0.25, -0.2) is 4.57 Å². The Morgan fingerprint density at radius 2 is 0.714 bits per heavy atom. The highest BCUT2D eigenvalue weighted by Gasteiger charge is 2.26. The number of phosphoric acid groups is 1. The quantitative estimate of drug-likeness (QED) is 0.0264. The van der Waals surface area contributed by atoms with Crippen LogP contribution in [0.2, 0.25) is 0 Å². The van der Waals surface area contributed by atoms with Crippen LogP contribution in [-0.4, -0.2) is 49.3 Å². The molecular formula is C67H118NO8P. The maximum absolute atomic E-state index is 12.7. The molecule has 0 aliphatic rings. The number of unbranched alkanes of at least 4 members (excludes halogenated alkanes) is 30. The summed E-state index contributed by atoms with van der Waals surface area (Å²) in [5.74, 6) is -0.829. The molecular weight excluding hydrogens is 978 g/mol. The molecule has 10 heteroatoms. The Labute approximate surface area is 474 Å². The van der Waals surface area contributed by atoms with Crippen molar-refractivity contribution in [2.24, 2.45) is 5.73 Å². The Bertz CT molecular complexity index is 1580. The number of carbonyl (C=O) groups is 2. The largest absolute Gasteiger partial charge is 0.472 e. The fourth-order valence-electron chi connectivity index (χ4n) is 8.79. The molecule has 2 unspecified atom stereocenters. The smallest absolute Gasteiger partial charge is 0.462 e. The summed E-state index contributed by atoms with van der Waals surface area (Å²) >= 11 is 0. The van der Waals surface area contributed by atoms with Gasteiger partial charge in [0.2, 0.25) is 0 Å². The van der Waals surface area contributed by atoms with Crippen molar-refractivity contribution >= 4 is 19.8 Å². The highest BCUT2D eigenvalue weighted by atomic mass is 31.2. The maximum Gasteiger partial charge on any atom is 0.472 e. The van der Waals surface area contributed by atoms with Crippen LogP contribution in [0, 0.1) is 0 Å². The fourth-order valence-corrected chi connectivity index (χ4v) is 9.55. The molecule has 0 aliphatic carbocycles. The molecule has 9 nitrogen and oxygen atoms in total. The normalized spacial score (nSPS) is 13.7. The van der Waals surface area contributed by atoms with Crippen LogP contribution < -0.4 is 5.73 Å². The first-order valence-corrected chi connectivity index (χ1v) is 33.2. The Morgan fingerprint density at radius 3 is 1.06 bits per heavy atom. The van der Waals surface area contributed by atoms with E-state index in [1.54, 1.807) is 0 Å². The van der Waals surface area contributed by atoms with Crippen molar-refractivity contribution < 1.29 is 37.6 Å². The number of allylic oxidation sites excluding steroid dienone is 16. The molecule has 0 aromatic heterocycles. The molecule has 3 N–H and O–H groups in total. The monoisotopic (exact) mass is 1100 g/mol. The molecule has 0 heterocycles. The van der Waals surface area contributed by atoms with Crippen LogP contribution in [0.1, 0.15) is 284 Å². The van der Waals surface area contributed by atoms with Crippen molar-refractivity contribution in [1.82, 2.24) is 0 Å². The van der Waals surface area contributed by atoms with Crippen molar-refractivity contribution in [2.45, 2.75) is 290 Å². The molecule has 2 atom stereocenters. The lowest BCUT2D eigenvalue weighted by molar-refractivity contribution is -0.161. The summed E-state index contributed by atoms with van der Waals surface area (Å²) in [6, 6.07) is 0. The van der Waals surface area contributed by atoms with Gasteiger partial charge in [-0.1, -0.05) is 272 Å². The van der Waals surface area contributed by atoms with Crippen molar-refractivity contribution in [3.63, 3.8) is 0 Å². The number of ether oxygens (including phenoxy) is 2. The third-order valence-corrected chi connectivity index (χ3v) is 14.4. The summed E-state index contributed by atoms with van der Waals surface area (Å²) in [5, 5.41) is 0. The van der Waals surface area contributed by atoms with E-state index in [2.05, 4.69) is 111 Å². The number of nitrogens with two attached hydrogens (primary N) is 1. The van der Waals surface area contributed by atoms with Gasteiger partial charge in [0, 0.05) is 19.4 Å². The third kappa shape index (κ3) is 62.0. The zero-order valence-corrected chi connectivity index (χ0v) is 50.6. The van der Waals surface area contributed by atoms with Gasteiger partial charge in [-0.15, -0.1) is 0 Å². The lowest BCUT2D eigenvalue weighted by atomic mass is 10.0. The van der Waals surface area contributed by atoms with Crippen LogP contribution in [0.4, 0.5) is 0 Å². The van der Waals surface area contributed by atoms with Crippen LogP contribution in [0.15, 0.2) is 97.2 Å².